The van der Waals surface area contributed by atoms with Gasteiger partial charge in [0.1, 0.15) is 5.54 Å². The number of hydrogen-bond donors (Lipinski definition) is 3. The maximum Gasteiger partial charge on any atom is 0.329 e. The first-order valence-corrected chi connectivity index (χ1v) is 7.51. The lowest BCUT2D eigenvalue weighted by atomic mass is 9.92. The molecule has 0 aromatic heterocycles. The predicted octanol–water partition coefficient (Wildman–Crippen LogP) is 1.33. The number of carbonyl (C=O) groups excluding carboxylic acids is 1. The Morgan fingerprint density at radius 1 is 1.30 bits per heavy atom. The number of rotatable bonds is 3. The third kappa shape index (κ3) is 2.61. The van der Waals surface area contributed by atoms with Gasteiger partial charge >= 0.3 is 12.0 Å². The molecular formula is C14H24N2O4. The summed E-state index contributed by atoms with van der Waals surface area (Å²) in [5, 5.41) is 22.2. The van der Waals surface area contributed by atoms with E-state index in [1.807, 2.05) is 0 Å². The quantitative estimate of drug-likeness (QED) is 0.729. The van der Waals surface area contributed by atoms with Crippen LogP contribution in [0.25, 0.3) is 0 Å². The van der Waals surface area contributed by atoms with E-state index in [-0.39, 0.29) is 12.1 Å². The Morgan fingerprint density at radius 3 is 2.60 bits per heavy atom. The summed E-state index contributed by atoms with van der Waals surface area (Å²) in [6.45, 7) is 2.27. The Kier molecular flexibility index (Phi) is 4.52. The van der Waals surface area contributed by atoms with E-state index in [0.29, 0.717) is 32.2 Å². The highest BCUT2D eigenvalue weighted by atomic mass is 16.4. The lowest BCUT2D eigenvalue weighted by Crippen LogP contribution is -2.58. The van der Waals surface area contributed by atoms with Crippen molar-refractivity contribution >= 4 is 12.0 Å². The highest BCUT2D eigenvalue weighted by molar-refractivity contribution is 5.87. The molecule has 1 saturated carbocycles. The number of urea groups is 1. The van der Waals surface area contributed by atoms with Gasteiger partial charge in [0.05, 0.1) is 12.1 Å². The van der Waals surface area contributed by atoms with E-state index < -0.39 is 17.6 Å². The first-order valence-electron chi connectivity index (χ1n) is 7.51. The first-order chi connectivity index (χ1) is 9.51. The van der Waals surface area contributed by atoms with Gasteiger partial charge in [-0.15, -0.1) is 0 Å². The maximum absolute atomic E-state index is 12.4. The fourth-order valence-electron chi connectivity index (χ4n) is 3.43. The zero-order chi connectivity index (χ0) is 14.8. The van der Waals surface area contributed by atoms with E-state index in [1.165, 1.54) is 4.90 Å². The van der Waals surface area contributed by atoms with Crippen LogP contribution in [0.15, 0.2) is 0 Å². The zero-order valence-electron chi connectivity index (χ0n) is 12.0. The van der Waals surface area contributed by atoms with Gasteiger partial charge in [-0.2, -0.15) is 0 Å². The van der Waals surface area contributed by atoms with Crippen LogP contribution in [0.5, 0.6) is 0 Å². The Bertz CT molecular complexity index is 387. The summed E-state index contributed by atoms with van der Waals surface area (Å²) < 4.78 is 0. The third-order valence-corrected chi connectivity index (χ3v) is 4.76. The average molecular weight is 284 g/mol. The second-order valence-electron chi connectivity index (χ2n) is 5.85. The number of nitrogens with zero attached hydrogens (tertiary/aromatic N) is 1. The molecule has 1 saturated heterocycles. The van der Waals surface area contributed by atoms with Crippen LogP contribution in [0.2, 0.25) is 0 Å². The number of carboxylic acids is 1. The molecule has 6 nitrogen and oxygen atoms in total. The normalized spacial score (nSPS) is 34.0. The second kappa shape index (κ2) is 5.99. The van der Waals surface area contributed by atoms with Crippen molar-refractivity contribution in [2.45, 2.75) is 69.6 Å². The highest BCUT2D eigenvalue weighted by Gasteiger charge is 2.49. The fraction of sp³-hybridized carbons (Fsp3) is 0.857. The van der Waals surface area contributed by atoms with E-state index in [0.717, 1.165) is 19.3 Å². The number of carbonyl (C=O) groups is 2. The van der Waals surface area contributed by atoms with Crippen LogP contribution in [0.3, 0.4) is 0 Å². The molecule has 2 amide bonds. The topological polar surface area (TPSA) is 89.9 Å². The van der Waals surface area contributed by atoms with Crippen LogP contribution in [-0.2, 0) is 4.79 Å². The van der Waals surface area contributed by atoms with Crippen molar-refractivity contribution in [3.63, 3.8) is 0 Å². The molecule has 2 rings (SSSR count). The van der Waals surface area contributed by atoms with Crippen LogP contribution in [0.4, 0.5) is 4.79 Å². The van der Waals surface area contributed by atoms with E-state index >= 15 is 0 Å². The molecule has 114 valence electrons. The Labute approximate surface area is 119 Å². The van der Waals surface area contributed by atoms with Crippen molar-refractivity contribution < 1.29 is 19.8 Å². The van der Waals surface area contributed by atoms with E-state index in [4.69, 9.17) is 0 Å². The van der Waals surface area contributed by atoms with Gasteiger partial charge in [0.25, 0.3) is 0 Å². The molecular weight excluding hydrogens is 260 g/mol. The molecule has 0 spiro atoms. The number of likely N-dealkylation sites (tertiary alicyclic amines) is 1. The van der Waals surface area contributed by atoms with E-state index in [1.54, 1.807) is 6.92 Å². The molecule has 1 aliphatic heterocycles. The molecule has 3 N–H and O–H groups in total. The van der Waals surface area contributed by atoms with Crippen molar-refractivity contribution in [2.75, 3.05) is 6.54 Å². The van der Waals surface area contributed by atoms with Crippen molar-refractivity contribution in [1.29, 1.82) is 0 Å². The van der Waals surface area contributed by atoms with Crippen molar-refractivity contribution in [3.05, 3.63) is 0 Å². The summed E-state index contributed by atoms with van der Waals surface area (Å²) in [5.74, 6) is -0.933. The lowest BCUT2D eigenvalue weighted by Gasteiger charge is -2.36. The standard InChI is InChI=1S/C14H24N2O4/c1-2-14(12(18)19)8-5-9-16(14)13(20)15-10-6-3-4-7-11(10)17/h10-11,17H,2-9H2,1H3,(H,15,20)(H,18,19). The molecule has 2 fully saturated rings. The number of amides is 2. The molecule has 0 aromatic rings. The van der Waals surface area contributed by atoms with Gasteiger partial charge in [0.2, 0.25) is 0 Å². The van der Waals surface area contributed by atoms with Gasteiger partial charge in [-0.1, -0.05) is 19.8 Å². The summed E-state index contributed by atoms with van der Waals surface area (Å²) in [6.07, 6.45) is 4.51. The molecule has 6 heteroatoms. The van der Waals surface area contributed by atoms with Gasteiger partial charge in [0, 0.05) is 6.54 Å². The van der Waals surface area contributed by atoms with Crippen LogP contribution in [0, 0.1) is 0 Å². The third-order valence-electron chi connectivity index (χ3n) is 4.76. The van der Waals surface area contributed by atoms with E-state index in [2.05, 4.69) is 5.32 Å². The smallest absolute Gasteiger partial charge is 0.329 e. The fourth-order valence-corrected chi connectivity index (χ4v) is 3.43. The minimum absolute atomic E-state index is 0.250. The number of carboxylic acid groups (broad SMARTS) is 1. The molecule has 3 atom stereocenters. The summed E-state index contributed by atoms with van der Waals surface area (Å²) in [6, 6.07) is -0.599. The molecule has 0 bridgehead atoms. The summed E-state index contributed by atoms with van der Waals surface area (Å²) in [7, 11) is 0. The SMILES string of the molecule is CCC1(C(=O)O)CCCN1C(=O)NC1CCCCC1O. The van der Waals surface area contributed by atoms with Gasteiger partial charge in [-0.25, -0.2) is 9.59 Å². The molecule has 20 heavy (non-hydrogen) atoms. The molecule has 2 aliphatic rings. The lowest BCUT2D eigenvalue weighted by molar-refractivity contribution is -0.148. The van der Waals surface area contributed by atoms with Crippen LogP contribution in [0.1, 0.15) is 51.9 Å². The number of hydrogen-bond acceptors (Lipinski definition) is 3. The molecule has 0 aromatic carbocycles. The number of nitrogens with one attached hydrogen (secondary N) is 1. The Hall–Kier alpha value is -1.30. The van der Waals surface area contributed by atoms with Gasteiger partial charge in [-0.3, -0.25) is 0 Å². The van der Waals surface area contributed by atoms with Gasteiger partial charge < -0.3 is 20.4 Å². The number of aliphatic hydroxyl groups excluding tert-OH is 1. The monoisotopic (exact) mass is 284 g/mol. The minimum Gasteiger partial charge on any atom is -0.479 e. The van der Waals surface area contributed by atoms with Crippen molar-refractivity contribution in [2.24, 2.45) is 0 Å². The van der Waals surface area contributed by atoms with Crippen molar-refractivity contribution in [3.8, 4) is 0 Å². The Balaban J connectivity index is 2.06. The second-order valence-corrected chi connectivity index (χ2v) is 5.85. The minimum atomic E-state index is -1.08. The molecule has 3 unspecified atom stereocenters. The zero-order valence-corrected chi connectivity index (χ0v) is 12.0. The first kappa shape index (κ1) is 15.1. The van der Waals surface area contributed by atoms with Crippen molar-refractivity contribution in [1.82, 2.24) is 10.2 Å². The van der Waals surface area contributed by atoms with Crippen LogP contribution in [-0.4, -0.2) is 51.3 Å². The van der Waals surface area contributed by atoms with Crippen LogP contribution >= 0.6 is 0 Å². The van der Waals surface area contributed by atoms with E-state index in [9.17, 15) is 19.8 Å². The maximum atomic E-state index is 12.4. The molecule has 0 radical (unpaired) electrons. The number of aliphatic carboxylic acids is 1. The average Bonchev–Trinajstić information content (AvgIpc) is 2.86. The Morgan fingerprint density at radius 2 is 2.00 bits per heavy atom. The summed E-state index contributed by atoms with van der Waals surface area (Å²) in [4.78, 5) is 25.4. The van der Waals surface area contributed by atoms with Gasteiger partial charge in [0.15, 0.2) is 0 Å². The predicted molar refractivity (Wildman–Crippen MR) is 73.4 cm³/mol. The van der Waals surface area contributed by atoms with Crippen LogP contribution < -0.4 is 5.32 Å². The largest absolute Gasteiger partial charge is 0.479 e. The summed E-state index contributed by atoms with van der Waals surface area (Å²) in [5.41, 5.74) is -1.08. The molecule has 1 heterocycles. The summed E-state index contributed by atoms with van der Waals surface area (Å²) >= 11 is 0. The molecule has 1 aliphatic carbocycles. The highest BCUT2D eigenvalue weighted by Crippen LogP contribution is 2.33. The van der Waals surface area contributed by atoms with Gasteiger partial charge in [-0.05, 0) is 32.1 Å². The number of aliphatic hydroxyl groups is 1.